The Balaban J connectivity index is 3.19. The van der Waals surface area contributed by atoms with Crippen molar-refractivity contribution in [1.82, 2.24) is 9.78 Å². The molecule has 0 saturated carbocycles. The lowest BCUT2D eigenvalue weighted by atomic mass is 10.1. The molecule has 14 heavy (non-hydrogen) atoms. The van der Waals surface area contributed by atoms with E-state index in [2.05, 4.69) is 5.10 Å². The molecule has 0 aliphatic heterocycles. The van der Waals surface area contributed by atoms with Gasteiger partial charge in [-0.3, -0.25) is 4.68 Å². The lowest BCUT2D eigenvalue weighted by Crippen LogP contribution is -2.19. The average molecular weight is 208 g/mol. The summed E-state index contributed by atoms with van der Waals surface area (Å²) in [6, 6.07) is 0.847. The summed E-state index contributed by atoms with van der Waals surface area (Å²) in [6.07, 6.45) is -4.47. The van der Waals surface area contributed by atoms with Gasteiger partial charge in [0.15, 0.2) is 5.69 Å². The molecule has 1 aromatic heterocycles. The van der Waals surface area contributed by atoms with Crippen LogP contribution < -0.4 is 0 Å². The number of rotatable bonds is 1. The van der Waals surface area contributed by atoms with Crippen molar-refractivity contribution >= 4 is 0 Å². The molecule has 6 heteroatoms. The third-order valence-corrected chi connectivity index (χ3v) is 1.80. The van der Waals surface area contributed by atoms with Crippen molar-refractivity contribution in [1.29, 1.82) is 0 Å². The fraction of sp³-hybridized carbons (Fsp3) is 0.625. The normalized spacial score (nSPS) is 13.4. The standard InChI is InChI=1S/C8H11F3N2O/c1-7(2,14)6-4-5(8(9,10)11)12-13(6)3/h4,14H,1-3H3. The van der Waals surface area contributed by atoms with Crippen LogP contribution in [-0.4, -0.2) is 14.9 Å². The van der Waals surface area contributed by atoms with Gasteiger partial charge in [-0.05, 0) is 19.9 Å². The van der Waals surface area contributed by atoms with Gasteiger partial charge >= 0.3 is 6.18 Å². The summed E-state index contributed by atoms with van der Waals surface area (Å²) in [5.41, 5.74) is -2.19. The molecule has 0 atom stereocenters. The Morgan fingerprint density at radius 3 is 2.07 bits per heavy atom. The average Bonchev–Trinajstić information content (AvgIpc) is 2.27. The number of hydrogen-bond acceptors (Lipinski definition) is 2. The maximum atomic E-state index is 12.2. The third-order valence-electron chi connectivity index (χ3n) is 1.80. The van der Waals surface area contributed by atoms with Crippen molar-refractivity contribution in [3.63, 3.8) is 0 Å². The van der Waals surface area contributed by atoms with Gasteiger partial charge in [0.25, 0.3) is 0 Å². The summed E-state index contributed by atoms with van der Waals surface area (Å²) in [5, 5.41) is 12.8. The molecule has 0 bridgehead atoms. The van der Waals surface area contributed by atoms with Crippen LogP contribution in [0.1, 0.15) is 25.2 Å². The quantitative estimate of drug-likeness (QED) is 0.762. The molecule has 1 heterocycles. The van der Waals surface area contributed by atoms with Gasteiger partial charge in [-0.2, -0.15) is 18.3 Å². The molecule has 1 aromatic rings. The Kier molecular flexibility index (Phi) is 2.35. The maximum Gasteiger partial charge on any atom is 0.435 e. The Labute approximate surface area is 79.2 Å². The van der Waals surface area contributed by atoms with Gasteiger partial charge in [-0.25, -0.2) is 0 Å². The van der Waals surface area contributed by atoms with E-state index in [-0.39, 0.29) is 5.69 Å². The van der Waals surface area contributed by atoms with Gasteiger partial charge in [0.1, 0.15) is 5.60 Å². The molecule has 0 fully saturated rings. The van der Waals surface area contributed by atoms with Gasteiger partial charge in [-0.1, -0.05) is 0 Å². The van der Waals surface area contributed by atoms with Crippen molar-refractivity contribution in [3.8, 4) is 0 Å². The van der Waals surface area contributed by atoms with Crippen LogP contribution in [0.25, 0.3) is 0 Å². The minimum absolute atomic E-state index is 0.129. The van der Waals surface area contributed by atoms with Gasteiger partial charge in [0.2, 0.25) is 0 Å². The van der Waals surface area contributed by atoms with Crippen LogP contribution in [-0.2, 0) is 18.8 Å². The predicted molar refractivity (Wildman–Crippen MR) is 43.5 cm³/mol. The first-order chi connectivity index (χ1) is 6.12. The van der Waals surface area contributed by atoms with E-state index in [1.807, 2.05) is 0 Å². The zero-order valence-corrected chi connectivity index (χ0v) is 8.05. The van der Waals surface area contributed by atoms with Crippen LogP contribution in [0.15, 0.2) is 6.07 Å². The first kappa shape index (κ1) is 11.0. The molecule has 80 valence electrons. The third kappa shape index (κ3) is 2.06. The second kappa shape index (κ2) is 2.98. The highest BCUT2D eigenvalue weighted by Crippen LogP contribution is 2.30. The highest BCUT2D eigenvalue weighted by atomic mass is 19.4. The monoisotopic (exact) mass is 208 g/mol. The van der Waals surface area contributed by atoms with Crippen molar-refractivity contribution in [2.75, 3.05) is 0 Å². The Bertz CT molecular complexity index is 335. The molecule has 0 aromatic carbocycles. The van der Waals surface area contributed by atoms with Gasteiger partial charge in [0.05, 0.1) is 5.69 Å². The van der Waals surface area contributed by atoms with Crippen LogP contribution in [0.3, 0.4) is 0 Å². The van der Waals surface area contributed by atoms with Crippen LogP contribution in [0.5, 0.6) is 0 Å². The van der Waals surface area contributed by atoms with Crippen LogP contribution in [0.4, 0.5) is 13.2 Å². The van der Waals surface area contributed by atoms with E-state index in [4.69, 9.17) is 0 Å². The fourth-order valence-electron chi connectivity index (χ4n) is 1.18. The second-order valence-corrected chi connectivity index (χ2v) is 3.60. The lowest BCUT2D eigenvalue weighted by Gasteiger charge is -2.16. The minimum Gasteiger partial charge on any atom is -0.384 e. The van der Waals surface area contributed by atoms with E-state index < -0.39 is 17.5 Å². The molecule has 1 rings (SSSR count). The number of aromatic nitrogens is 2. The van der Waals surface area contributed by atoms with E-state index in [0.717, 1.165) is 10.7 Å². The summed E-state index contributed by atoms with van der Waals surface area (Å²) in [4.78, 5) is 0. The van der Waals surface area contributed by atoms with Crippen molar-refractivity contribution in [2.45, 2.75) is 25.6 Å². The van der Waals surface area contributed by atoms with Crippen LogP contribution in [0.2, 0.25) is 0 Å². The zero-order valence-electron chi connectivity index (χ0n) is 8.05. The van der Waals surface area contributed by atoms with Gasteiger partial charge in [0, 0.05) is 7.05 Å². The topological polar surface area (TPSA) is 38.0 Å². The molecule has 0 spiro atoms. The number of halogens is 3. The number of aryl methyl sites for hydroxylation is 1. The molecule has 0 radical (unpaired) electrons. The van der Waals surface area contributed by atoms with Crippen LogP contribution in [0, 0.1) is 0 Å². The van der Waals surface area contributed by atoms with E-state index in [1.54, 1.807) is 0 Å². The highest BCUT2D eigenvalue weighted by molar-refractivity contribution is 5.17. The Hall–Kier alpha value is -1.04. The lowest BCUT2D eigenvalue weighted by molar-refractivity contribution is -0.141. The van der Waals surface area contributed by atoms with E-state index in [1.165, 1.54) is 20.9 Å². The molecule has 0 unspecified atom stereocenters. The van der Waals surface area contributed by atoms with E-state index in [0.29, 0.717) is 0 Å². The Morgan fingerprint density at radius 1 is 1.36 bits per heavy atom. The summed E-state index contributed by atoms with van der Waals surface area (Å²) < 4.78 is 37.7. The van der Waals surface area contributed by atoms with Crippen molar-refractivity contribution in [2.24, 2.45) is 7.05 Å². The SMILES string of the molecule is Cn1nc(C(F)(F)F)cc1C(C)(C)O. The summed E-state index contributed by atoms with van der Waals surface area (Å²) >= 11 is 0. The molecule has 3 nitrogen and oxygen atoms in total. The van der Waals surface area contributed by atoms with E-state index in [9.17, 15) is 18.3 Å². The summed E-state index contributed by atoms with van der Waals surface area (Å²) in [6.45, 7) is 2.81. The second-order valence-electron chi connectivity index (χ2n) is 3.60. The largest absolute Gasteiger partial charge is 0.435 e. The molecular formula is C8H11F3N2O. The smallest absolute Gasteiger partial charge is 0.384 e. The molecule has 0 aliphatic rings. The molecule has 0 aliphatic carbocycles. The first-order valence-corrected chi connectivity index (χ1v) is 3.96. The summed E-state index contributed by atoms with van der Waals surface area (Å²) in [7, 11) is 1.36. The number of hydrogen-bond donors (Lipinski definition) is 1. The van der Waals surface area contributed by atoms with Crippen molar-refractivity contribution < 1.29 is 18.3 Å². The fourth-order valence-corrected chi connectivity index (χ4v) is 1.18. The highest BCUT2D eigenvalue weighted by Gasteiger charge is 2.36. The maximum absolute atomic E-state index is 12.2. The van der Waals surface area contributed by atoms with E-state index >= 15 is 0 Å². The first-order valence-electron chi connectivity index (χ1n) is 3.96. The van der Waals surface area contributed by atoms with Crippen molar-refractivity contribution in [3.05, 3.63) is 17.5 Å². The summed E-state index contributed by atoms with van der Waals surface area (Å²) in [5.74, 6) is 0. The van der Waals surface area contributed by atoms with Gasteiger partial charge < -0.3 is 5.11 Å². The molecular weight excluding hydrogens is 197 g/mol. The number of alkyl halides is 3. The molecule has 0 saturated heterocycles. The zero-order chi connectivity index (χ0) is 11.1. The molecule has 0 amide bonds. The minimum atomic E-state index is -4.47. The van der Waals surface area contributed by atoms with Crippen LogP contribution >= 0.6 is 0 Å². The number of aliphatic hydroxyl groups is 1. The molecule has 1 N–H and O–H groups in total. The Morgan fingerprint density at radius 2 is 1.86 bits per heavy atom. The predicted octanol–water partition coefficient (Wildman–Crippen LogP) is 1.67. The number of nitrogens with zero attached hydrogens (tertiary/aromatic N) is 2. The van der Waals surface area contributed by atoms with Gasteiger partial charge in [-0.15, -0.1) is 0 Å².